The Bertz CT molecular complexity index is 927. The van der Waals surface area contributed by atoms with Gasteiger partial charge in [-0.05, 0) is 46.2 Å². The molecule has 1 aromatic heterocycles. The van der Waals surface area contributed by atoms with Crippen molar-refractivity contribution in [3.63, 3.8) is 0 Å². The van der Waals surface area contributed by atoms with Crippen molar-refractivity contribution in [3.8, 4) is 0 Å². The standard InChI is InChI=1S/C21H32N3O6P/c1-6-28-31(27,29-7-2)14-23-19(25)18(24-20(26)30-21(3,4)5)12-15-13-22-17-11-9-8-10-16(15)17/h8-11,13,18,22H,6-7,12,14H2,1-5H3,(H,23,25)(H,24,26)/t18-/m0/s1. The van der Waals surface area contributed by atoms with E-state index in [2.05, 4.69) is 15.6 Å². The van der Waals surface area contributed by atoms with Crippen molar-refractivity contribution in [1.82, 2.24) is 15.6 Å². The van der Waals surface area contributed by atoms with Crippen LogP contribution in [-0.4, -0.2) is 48.1 Å². The van der Waals surface area contributed by atoms with E-state index in [1.165, 1.54) is 0 Å². The molecule has 0 aliphatic heterocycles. The van der Waals surface area contributed by atoms with E-state index in [1.54, 1.807) is 40.8 Å². The first-order valence-electron chi connectivity index (χ1n) is 10.3. The minimum absolute atomic E-state index is 0.183. The van der Waals surface area contributed by atoms with Gasteiger partial charge in [-0.3, -0.25) is 9.36 Å². The molecule has 0 saturated carbocycles. The maximum Gasteiger partial charge on any atom is 0.408 e. The summed E-state index contributed by atoms with van der Waals surface area (Å²) in [7, 11) is -3.47. The molecule has 0 fully saturated rings. The third kappa shape index (κ3) is 7.69. The quantitative estimate of drug-likeness (QED) is 0.469. The number of H-pyrrole nitrogens is 1. The highest BCUT2D eigenvalue weighted by molar-refractivity contribution is 7.53. The minimum Gasteiger partial charge on any atom is -0.444 e. The second-order valence-electron chi connectivity index (χ2n) is 7.91. The van der Waals surface area contributed by atoms with E-state index in [4.69, 9.17) is 13.8 Å². The molecule has 1 aromatic carbocycles. The molecule has 31 heavy (non-hydrogen) atoms. The van der Waals surface area contributed by atoms with Crippen LogP contribution in [0, 0.1) is 0 Å². The van der Waals surface area contributed by atoms with E-state index in [0.717, 1.165) is 16.5 Å². The number of benzene rings is 1. The highest BCUT2D eigenvalue weighted by atomic mass is 31.2. The zero-order chi connectivity index (χ0) is 23.1. The highest BCUT2D eigenvalue weighted by Crippen LogP contribution is 2.46. The predicted octanol–water partition coefficient (Wildman–Crippen LogP) is 3.94. The monoisotopic (exact) mass is 453 g/mol. The first kappa shape index (κ1) is 24.9. The van der Waals surface area contributed by atoms with Crippen LogP contribution in [0.5, 0.6) is 0 Å². The normalized spacial score (nSPS) is 13.1. The molecule has 0 bridgehead atoms. The lowest BCUT2D eigenvalue weighted by Gasteiger charge is -2.24. The summed E-state index contributed by atoms with van der Waals surface area (Å²) in [6.07, 6.45) is 0.995. The van der Waals surface area contributed by atoms with Gasteiger partial charge in [0.2, 0.25) is 5.91 Å². The molecule has 1 atom stereocenters. The van der Waals surface area contributed by atoms with Crippen LogP contribution in [0.15, 0.2) is 30.5 Å². The number of aromatic amines is 1. The zero-order valence-corrected chi connectivity index (χ0v) is 19.6. The van der Waals surface area contributed by atoms with E-state index < -0.39 is 31.2 Å². The first-order chi connectivity index (χ1) is 14.6. The Labute approximate surface area is 182 Å². The average Bonchev–Trinajstić information content (AvgIpc) is 3.08. The Morgan fingerprint density at radius 2 is 1.77 bits per heavy atom. The summed E-state index contributed by atoms with van der Waals surface area (Å²) < 4.78 is 28.4. The Hall–Kier alpha value is -2.35. The third-order valence-corrected chi connectivity index (χ3v) is 6.05. The SMILES string of the molecule is CCOP(=O)(CNC(=O)[C@H](Cc1c[nH]c2ccccc12)NC(=O)OC(C)(C)C)OCC. The Kier molecular flexibility index (Phi) is 8.68. The lowest BCUT2D eigenvalue weighted by atomic mass is 10.0. The molecular formula is C21H32N3O6P. The summed E-state index contributed by atoms with van der Waals surface area (Å²) in [5.41, 5.74) is 1.06. The molecule has 0 saturated heterocycles. The fourth-order valence-electron chi connectivity index (χ4n) is 3.00. The van der Waals surface area contributed by atoms with Crippen molar-refractivity contribution >= 4 is 30.5 Å². The fourth-order valence-corrected chi connectivity index (χ4v) is 4.39. The van der Waals surface area contributed by atoms with Crippen LogP contribution in [0.2, 0.25) is 0 Å². The fraction of sp³-hybridized carbons (Fsp3) is 0.524. The third-order valence-electron chi connectivity index (χ3n) is 4.20. The van der Waals surface area contributed by atoms with E-state index in [-0.39, 0.29) is 25.9 Å². The number of carbonyl (C=O) groups excluding carboxylic acids is 2. The molecular weight excluding hydrogens is 421 g/mol. The molecule has 2 aromatic rings. The average molecular weight is 453 g/mol. The summed E-state index contributed by atoms with van der Waals surface area (Å²) in [5, 5.41) is 6.15. The van der Waals surface area contributed by atoms with Crippen molar-refractivity contribution in [1.29, 1.82) is 0 Å². The number of rotatable bonds is 10. The number of fused-ring (bicyclic) bond motifs is 1. The van der Waals surface area contributed by atoms with Crippen molar-refractivity contribution in [2.75, 3.05) is 19.5 Å². The van der Waals surface area contributed by atoms with Crippen molar-refractivity contribution in [2.24, 2.45) is 0 Å². The lowest BCUT2D eigenvalue weighted by molar-refractivity contribution is -0.122. The summed E-state index contributed by atoms with van der Waals surface area (Å²) in [6.45, 7) is 8.96. The van der Waals surface area contributed by atoms with Crippen LogP contribution in [0.4, 0.5) is 4.79 Å². The number of nitrogens with one attached hydrogen (secondary N) is 3. The maximum atomic E-state index is 12.9. The van der Waals surface area contributed by atoms with Crippen LogP contribution in [0.3, 0.4) is 0 Å². The van der Waals surface area contributed by atoms with Crippen LogP contribution in [0.25, 0.3) is 10.9 Å². The molecule has 0 unspecified atom stereocenters. The predicted molar refractivity (Wildman–Crippen MR) is 119 cm³/mol. The van der Waals surface area contributed by atoms with E-state index >= 15 is 0 Å². The smallest absolute Gasteiger partial charge is 0.408 e. The van der Waals surface area contributed by atoms with Gasteiger partial charge in [-0.1, -0.05) is 18.2 Å². The number of para-hydroxylation sites is 1. The summed E-state index contributed by atoms with van der Waals surface area (Å²) in [5.74, 6) is -0.518. The van der Waals surface area contributed by atoms with Gasteiger partial charge in [0.25, 0.3) is 0 Å². The number of carbonyl (C=O) groups is 2. The van der Waals surface area contributed by atoms with Crippen molar-refractivity contribution < 1.29 is 27.9 Å². The van der Waals surface area contributed by atoms with E-state index in [9.17, 15) is 14.2 Å². The summed E-state index contributed by atoms with van der Waals surface area (Å²) in [6, 6.07) is 6.71. The Morgan fingerprint density at radius 3 is 2.39 bits per heavy atom. The maximum absolute atomic E-state index is 12.9. The van der Waals surface area contributed by atoms with Gasteiger partial charge in [-0.15, -0.1) is 0 Å². The molecule has 0 spiro atoms. The van der Waals surface area contributed by atoms with Gasteiger partial charge in [0.1, 0.15) is 17.9 Å². The Morgan fingerprint density at radius 1 is 1.13 bits per heavy atom. The molecule has 9 nitrogen and oxygen atoms in total. The second kappa shape index (κ2) is 10.8. The summed E-state index contributed by atoms with van der Waals surface area (Å²) in [4.78, 5) is 28.4. The van der Waals surface area contributed by atoms with Crippen molar-refractivity contribution in [3.05, 3.63) is 36.0 Å². The molecule has 0 aliphatic rings. The van der Waals surface area contributed by atoms with Gasteiger partial charge in [0.15, 0.2) is 0 Å². The molecule has 1 heterocycles. The molecule has 2 rings (SSSR count). The number of alkyl carbamates (subject to hydrolysis) is 1. The van der Waals surface area contributed by atoms with Gasteiger partial charge in [0, 0.05) is 23.5 Å². The van der Waals surface area contributed by atoms with Gasteiger partial charge in [-0.25, -0.2) is 4.79 Å². The second-order valence-corrected chi connectivity index (χ2v) is 9.96. The number of amides is 2. The molecule has 2 amide bonds. The highest BCUT2D eigenvalue weighted by Gasteiger charge is 2.29. The zero-order valence-electron chi connectivity index (χ0n) is 18.7. The van der Waals surface area contributed by atoms with Crippen LogP contribution >= 0.6 is 7.60 Å². The molecule has 10 heteroatoms. The minimum atomic E-state index is -3.47. The first-order valence-corrected chi connectivity index (χ1v) is 12.0. The van der Waals surface area contributed by atoms with E-state index in [1.807, 2.05) is 24.3 Å². The largest absolute Gasteiger partial charge is 0.444 e. The van der Waals surface area contributed by atoms with Gasteiger partial charge >= 0.3 is 13.7 Å². The number of hydrogen-bond acceptors (Lipinski definition) is 6. The molecule has 0 aliphatic carbocycles. The topological polar surface area (TPSA) is 119 Å². The molecule has 172 valence electrons. The molecule has 3 N–H and O–H groups in total. The van der Waals surface area contributed by atoms with Gasteiger partial charge in [-0.2, -0.15) is 0 Å². The molecule has 0 radical (unpaired) electrons. The van der Waals surface area contributed by atoms with Crippen LogP contribution in [0.1, 0.15) is 40.2 Å². The van der Waals surface area contributed by atoms with Gasteiger partial charge < -0.3 is 29.4 Å². The number of aromatic nitrogens is 1. The van der Waals surface area contributed by atoms with Crippen LogP contribution < -0.4 is 10.6 Å². The van der Waals surface area contributed by atoms with Gasteiger partial charge in [0.05, 0.1) is 13.2 Å². The summed E-state index contributed by atoms with van der Waals surface area (Å²) >= 11 is 0. The van der Waals surface area contributed by atoms with E-state index in [0.29, 0.717) is 0 Å². The van der Waals surface area contributed by atoms with Crippen LogP contribution in [-0.2, 0) is 29.6 Å². The lowest BCUT2D eigenvalue weighted by Crippen LogP contribution is -2.49. The Balaban J connectivity index is 2.18. The van der Waals surface area contributed by atoms with Crippen molar-refractivity contribution in [2.45, 2.75) is 52.7 Å². The number of ether oxygens (including phenoxy) is 1. The number of hydrogen-bond donors (Lipinski definition) is 3.